The van der Waals surface area contributed by atoms with E-state index >= 15 is 0 Å². The Balaban J connectivity index is 1.51. The molecule has 2 fully saturated rings. The van der Waals surface area contributed by atoms with Gasteiger partial charge in [0, 0.05) is 24.5 Å². The van der Waals surface area contributed by atoms with E-state index in [4.69, 9.17) is 4.74 Å². The first-order chi connectivity index (χ1) is 10.4. The zero-order chi connectivity index (χ0) is 14.1. The maximum absolute atomic E-state index is 6.24. The number of piperidine rings is 1. The third-order valence-electron chi connectivity index (χ3n) is 4.58. The topological polar surface area (TPSA) is 34.1 Å². The van der Waals surface area contributed by atoms with Crippen LogP contribution in [-0.4, -0.2) is 23.2 Å². The molecule has 0 aliphatic carbocycles. The van der Waals surface area contributed by atoms with E-state index in [0.717, 1.165) is 18.6 Å². The van der Waals surface area contributed by atoms with Gasteiger partial charge in [-0.25, -0.2) is 0 Å². The van der Waals surface area contributed by atoms with Crippen molar-refractivity contribution in [2.45, 2.75) is 43.9 Å². The number of nitrogens with one attached hydrogen (secondary N) is 1. The first-order valence-electron chi connectivity index (χ1n) is 7.80. The minimum atomic E-state index is 0.358. The Kier molecular flexibility index (Phi) is 3.36. The number of nitrogens with zero attached hydrogens (tertiary/aromatic N) is 1. The number of benzene rings is 1. The Hall–Kier alpha value is -1.87. The summed E-state index contributed by atoms with van der Waals surface area (Å²) in [6.07, 6.45) is 8.90. The Morgan fingerprint density at radius 3 is 2.48 bits per heavy atom. The van der Waals surface area contributed by atoms with Crippen molar-refractivity contribution >= 4 is 0 Å². The standard InChI is InChI=1S/C18H20N2O/c1-2-14(13-6-8-19-9-7-13)10-17(3-1)21-18-11-15-4-5-16(12-18)20-15/h1-3,6-10,15-16,18,20H,4-5,11-12H2/t15-,16-/m1/s1. The monoisotopic (exact) mass is 280 g/mol. The summed E-state index contributed by atoms with van der Waals surface area (Å²) in [5.74, 6) is 0.982. The molecule has 2 bridgehead atoms. The molecule has 108 valence electrons. The number of aromatic nitrogens is 1. The van der Waals surface area contributed by atoms with E-state index in [1.165, 1.54) is 24.0 Å². The highest BCUT2D eigenvalue weighted by atomic mass is 16.5. The van der Waals surface area contributed by atoms with Crippen molar-refractivity contribution in [3.63, 3.8) is 0 Å². The van der Waals surface area contributed by atoms with Crippen molar-refractivity contribution in [1.82, 2.24) is 10.3 Å². The number of hydrogen-bond donors (Lipinski definition) is 1. The summed E-state index contributed by atoms with van der Waals surface area (Å²) in [7, 11) is 0. The summed E-state index contributed by atoms with van der Waals surface area (Å²) >= 11 is 0. The molecule has 2 aliphatic heterocycles. The summed E-state index contributed by atoms with van der Waals surface area (Å²) in [4.78, 5) is 4.07. The van der Waals surface area contributed by atoms with Gasteiger partial charge in [-0.1, -0.05) is 12.1 Å². The molecule has 2 atom stereocenters. The highest BCUT2D eigenvalue weighted by Crippen LogP contribution is 2.31. The van der Waals surface area contributed by atoms with Gasteiger partial charge >= 0.3 is 0 Å². The minimum absolute atomic E-state index is 0.358. The molecule has 2 aromatic rings. The number of pyridine rings is 1. The molecular weight excluding hydrogens is 260 g/mol. The van der Waals surface area contributed by atoms with Gasteiger partial charge in [-0.3, -0.25) is 4.98 Å². The fraction of sp³-hybridized carbons (Fsp3) is 0.389. The van der Waals surface area contributed by atoms with Crippen LogP contribution in [0.1, 0.15) is 25.7 Å². The van der Waals surface area contributed by atoms with Crippen LogP contribution in [0.25, 0.3) is 11.1 Å². The first-order valence-corrected chi connectivity index (χ1v) is 7.80. The Morgan fingerprint density at radius 1 is 0.952 bits per heavy atom. The Bertz CT molecular complexity index is 602. The molecule has 0 unspecified atom stereocenters. The third kappa shape index (κ3) is 2.79. The maximum Gasteiger partial charge on any atom is 0.120 e. The molecule has 21 heavy (non-hydrogen) atoms. The van der Waals surface area contributed by atoms with Crippen LogP contribution in [0.15, 0.2) is 48.8 Å². The lowest BCUT2D eigenvalue weighted by Crippen LogP contribution is -2.42. The largest absolute Gasteiger partial charge is 0.490 e. The summed E-state index contributed by atoms with van der Waals surface area (Å²) in [5, 5.41) is 3.66. The molecule has 0 amide bonds. The Morgan fingerprint density at radius 2 is 1.71 bits per heavy atom. The van der Waals surface area contributed by atoms with Crippen molar-refractivity contribution in [1.29, 1.82) is 0 Å². The quantitative estimate of drug-likeness (QED) is 0.935. The van der Waals surface area contributed by atoms with E-state index < -0.39 is 0 Å². The van der Waals surface area contributed by atoms with Crippen LogP contribution in [0.3, 0.4) is 0 Å². The fourth-order valence-electron chi connectivity index (χ4n) is 3.59. The summed E-state index contributed by atoms with van der Waals surface area (Å²) < 4.78 is 6.24. The molecule has 1 aromatic carbocycles. The predicted octanol–water partition coefficient (Wildman–Crippen LogP) is 3.41. The van der Waals surface area contributed by atoms with Crippen molar-refractivity contribution < 1.29 is 4.74 Å². The number of fused-ring (bicyclic) bond motifs is 2. The van der Waals surface area contributed by atoms with E-state index in [2.05, 4.69) is 34.6 Å². The molecule has 3 heterocycles. The highest BCUT2D eigenvalue weighted by Gasteiger charge is 2.34. The molecular formula is C18H20N2O. The first kappa shape index (κ1) is 12.8. The summed E-state index contributed by atoms with van der Waals surface area (Å²) in [6, 6.07) is 13.8. The second-order valence-electron chi connectivity index (χ2n) is 6.11. The highest BCUT2D eigenvalue weighted by molar-refractivity contribution is 5.64. The molecule has 4 rings (SSSR count). The van der Waals surface area contributed by atoms with Crippen molar-refractivity contribution in [3.8, 4) is 16.9 Å². The molecule has 1 N–H and O–H groups in total. The zero-order valence-electron chi connectivity index (χ0n) is 12.0. The number of ether oxygens (including phenoxy) is 1. The lowest BCUT2D eigenvalue weighted by atomic mass is 10.0. The van der Waals surface area contributed by atoms with Crippen LogP contribution in [0.2, 0.25) is 0 Å². The third-order valence-corrected chi connectivity index (χ3v) is 4.58. The van der Waals surface area contributed by atoms with Gasteiger partial charge in [-0.2, -0.15) is 0 Å². The van der Waals surface area contributed by atoms with E-state index in [-0.39, 0.29) is 0 Å². The van der Waals surface area contributed by atoms with Gasteiger partial charge in [-0.05, 0) is 61.1 Å². The second-order valence-corrected chi connectivity index (χ2v) is 6.11. The smallest absolute Gasteiger partial charge is 0.120 e. The van der Waals surface area contributed by atoms with Crippen LogP contribution in [0, 0.1) is 0 Å². The average molecular weight is 280 g/mol. The molecule has 0 spiro atoms. The van der Waals surface area contributed by atoms with Crippen molar-refractivity contribution in [3.05, 3.63) is 48.8 Å². The van der Waals surface area contributed by atoms with Gasteiger partial charge in [0.05, 0.1) is 0 Å². The van der Waals surface area contributed by atoms with Gasteiger partial charge < -0.3 is 10.1 Å². The average Bonchev–Trinajstić information content (AvgIpc) is 2.87. The fourth-order valence-corrected chi connectivity index (χ4v) is 3.59. The molecule has 3 heteroatoms. The molecule has 0 saturated carbocycles. The zero-order valence-corrected chi connectivity index (χ0v) is 12.0. The maximum atomic E-state index is 6.24. The second kappa shape index (κ2) is 5.49. The van der Waals surface area contributed by atoms with Crippen LogP contribution in [0.5, 0.6) is 5.75 Å². The lowest BCUT2D eigenvalue weighted by Gasteiger charge is -2.29. The van der Waals surface area contributed by atoms with Crippen molar-refractivity contribution in [2.75, 3.05) is 0 Å². The van der Waals surface area contributed by atoms with Crippen molar-refractivity contribution in [2.24, 2.45) is 0 Å². The van der Waals surface area contributed by atoms with Crippen LogP contribution >= 0.6 is 0 Å². The van der Waals surface area contributed by atoms with Gasteiger partial charge in [0.2, 0.25) is 0 Å². The molecule has 2 aliphatic rings. The van der Waals surface area contributed by atoms with E-state index in [0.29, 0.717) is 18.2 Å². The minimum Gasteiger partial charge on any atom is -0.490 e. The van der Waals surface area contributed by atoms with Crippen LogP contribution in [-0.2, 0) is 0 Å². The Labute approximate surface area is 125 Å². The van der Waals surface area contributed by atoms with Gasteiger partial charge in [-0.15, -0.1) is 0 Å². The molecule has 3 nitrogen and oxygen atoms in total. The summed E-state index contributed by atoms with van der Waals surface area (Å²) in [5.41, 5.74) is 2.37. The van der Waals surface area contributed by atoms with E-state index in [1.807, 2.05) is 24.5 Å². The molecule has 0 radical (unpaired) electrons. The summed E-state index contributed by atoms with van der Waals surface area (Å²) in [6.45, 7) is 0. The SMILES string of the molecule is c1cc(OC2C[C@H]3CC[C@H](C2)N3)cc(-c2ccncc2)c1. The van der Waals surface area contributed by atoms with Gasteiger partial charge in [0.15, 0.2) is 0 Å². The predicted molar refractivity (Wildman–Crippen MR) is 83.3 cm³/mol. The number of hydrogen-bond acceptors (Lipinski definition) is 3. The molecule has 1 aromatic heterocycles. The van der Waals surface area contributed by atoms with Gasteiger partial charge in [0.25, 0.3) is 0 Å². The van der Waals surface area contributed by atoms with Crippen LogP contribution in [0.4, 0.5) is 0 Å². The van der Waals surface area contributed by atoms with E-state index in [1.54, 1.807) is 0 Å². The normalized spacial score (nSPS) is 27.5. The van der Waals surface area contributed by atoms with E-state index in [9.17, 15) is 0 Å². The molecule has 2 saturated heterocycles. The van der Waals surface area contributed by atoms with Crippen LogP contribution < -0.4 is 10.1 Å². The van der Waals surface area contributed by atoms with Gasteiger partial charge in [0.1, 0.15) is 11.9 Å². The number of rotatable bonds is 3. The lowest BCUT2D eigenvalue weighted by molar-refractivity contribution is 0.137.